The standard InChI is InChI=1S/C15H19NO2S/c1-15(2,3)19-11-14(18)16-13-8-6-12(7-9-13)5-4-10-17/h6-9,17H,10-11H2,1-3H3,(H,16,18). The average Bonchev–Trinajstić information content (AvgIpc) is 2.35. The molecule has 0 aliphatic rings. The summed E-state index contributed by atoms with van der Waals surface area (Å²) in [6.07, 6.45) is 0. The third-order valence-corrected chi connectivity index (χ3v) is 3.39. The number of thioether (sulfide) groups is 1. The van der Waals surface area contributed by atoms with Crippen LogP contribution in [0.3, 0.4) is 0 Å². The molecule has 0 fully saturated rings. The van der Waals surface area contributed by atoms with Gasteiger partial charge in [0, 0.05) is 16.0 Å². The Labute approximate surface area is 118 Å². The molecule has 0 bridgehead atoms. The number of aliphatic hydroxyl groups is 1. The summed E-state index contributed by atoms with van der Waals surface area (Å²) in [5.41, 5.74) is 1.57. The Kier molecular flexibility index (Phi) is 5.94. The van der Waals surface area contributed by atoms with Gasteiger partial charge in [-0.25, -0.2) is 0 Å². The third-order valence-electron chi connectivity index (χ3n) is 2.12. The zero-order chi connectivity index (χ0) is 14.3. The first-order valence-corrected chi connectivity index (χ1v) is 7.03. The van der Waals surface area contributed by atoms with E-state index < -0.39 is 0 Å². The molecule has 19 heavy (non-hydrogen) atoms. The number of amides is 1. The monoisotopic (exact) mass is 277 g/mol. The van der Waals surface area contributed by atoms with Gasteiger partial charge in [-0.15, -0.1) is 11.8 Å². The van der Waals surface area contributed by atoms with E-state index >= 15 is 0 Å². The Hall–Kier alpha value is -1.44. The van der Waals surface area contributed by atoms with E-state index in [9.17, 15) is 4.79 Å². The van der Waals surface area contributed by atoms with Gasteiger partial charge in [-0.1, -0.05) is 32.6 Å². The molecule has 2 N–H and O–H groups in total. The lowest BCUT2D eigenvalue weighted by Gasteiger charge is -2.16. The first-order valence-electron chi connectivity index (χ1n) is 6.04. The van der Waals surface area contributed by atoms with Gasteiger partial charge < -0.3 is 10.4 Å². The number of anilines is 1. The van der Waals surface area contributed by atoms with Crippen LogP contribution in [0.25, 0.3) is 0 Å². The van der Waals surface area contributed by atoms with Crippen LogP contribution < -0.4 is 5.32 Å². The van der Waals surface area contributed by atoms with Crippen LogP contribution in [0.15, 0.2) is 24.3 Å². The van der Waals surface area contributed by atoms with Crippen molar-refractivity contribution in [3.05, 3.63) is 29.8 Å². The minimum atomic E-state index is -0.150. The van der Waals surface area contributed by atoms with Gasteiger partial charge in [0.05, 0.1) is 5.75 Å². The average molecular weight is 277 g/mol. The minimum absolute atomic E-state index is 0.00545. The molecule has 1 amide bonds. The molecule has 0 aliphatic carbocycles. The van der Waals surface area contributed by atoms with Crippen molar-refractivity contribution in [2.24, 2.45) is 0 Å². The summed E-state index contributed by atoms with van der Waals surface area (Å²) >= 11 is 1.61. The van der Waals surface area contributed by atoms with Crippen LogP contribution in [0.2, 0.25) is 0 Å². The molecular formula is C15H19NO2S. The number of nitrogens with one attached hydrogen (secondary N) is 1. The molecule has 0 atom stereocenters. The number of rotatable bonds is 3. The highest BCUT2D eigenvalue weighted by atomic mass is 32.2. The molecule has 4 heteroatoms. The summed E-state index contributed by atoms with van der Waals surface area (Å²) in [5, 5.41) is 11.4. The number of aliphatic hydroxyl groups excluding tert-OH is 1. The maximum Gasteiger partial charge on any atom is 0.234 e. The number of carbonyl (C=O) groups is 1. The van der Waals surface area contributed by atoms with Gasteiger partial charge in [0.25, 0.3) is 0 Å². The van der Waals surface area contributed by atoms with Crippen molar-refractivity contribution in [2.75, 3.05) is 17.7 Å². The van der Waals surface area contributed by atoms with Crippen molar-refractivity contribution in [3.8, 4) is 11.8 Å². The van der Waals surface area contributed by atoms with E-state index in [1.807, 2.05) is 12.1 Å². The molecular weight excluding hydrogens is 258 g/mol. The number of hydrogen-bond donors (Lipinski definition) is 2. The molecule has 0 radical (unpaired) electrons. The van der Waals surface area contributed by atoms with Crippen molar-refractivity contribution < 1.29 is 9.90 Å². The summed E-state index contributed by atoms with van der Waals surface area (Å²) in [7, 11) is 0. The quantitative estimate of drug-likeness (QED) is 0.835. The van der Waals surface area contributed by atoms with E-state index in [2.05, 4.69) is 37.9 Å². The second kappa shape index (κ2) is 7.22. The second-order valence-corrected chi connectivity index (χ2v) is 6.79. The Morgan fingerprint density at radius 3 is 2.47 bits per heavy atom. The molecule has 0 aliphatic heterocycles. The van der Waals surface area contributed by atoms with Gasteiger partial charge in [0.1, 0.15) is 6.61 Å². The maximum atomic E-state index is 11.7. The molecule has 1 aromatic rings. The summed E-state index contributed by atoms with van der Waals surface area (Å²) in [5.74, 6) is 5.81. The molecule has 0 heterocycles. The van der Waals surface area contributed by atoms with Crippen LogP contribution in [0.1, 0.15) is 26.3 Å². The molecule has 0 saturated carbocycles. The van der Waals surface area contributed by atoms with Gasteiger partial charge in [0.15, 0.2) is 0 Å². The number of hydrogen-bond acceptors (Lipinski definition) is 3. The highest BCUT2D eigenvalue weighted by Crippen LogP contribution is 2.23. The van der Waals surface area contributed by atoms with Crippen molar-refractivity contribution in [3.63, 3.8) is 0 Å². The van der Waals surface area contributed by atoms with E-state index in [4.69, 9.17) is 5.11 Å². The number of carbonyl (C=O) groups excluding carboxylic acids is 1. The van der Waals surface area contributed by atoms with Gasteiger partial charge in [0.2, 0.25) is 5.91 Å². The SMILES string of the molecule is CC(C)(C)SCC(=O)Nc1ccc(C#CCO)cc1. The highest BCUT2D eigenvalue weighted by molar-refractivity contribution is 8.01. The zero-order valence-corrected chi connectivity index (χ0v) is 12.3. The predicted octanol–water partition coefficient (Wildman–Crippen LogP) is 2.50. The van der Waals surface area contributed by atoms with Gasteiger partial charge in [-0.05, 0) is 24.3 Å². The van der Waals surface area contributed by atoms with E-state index in [-0.39, 0.29) is 17.3 Å². The number of benzene rings is 1. The maximum absolute atomic E-state index is 11.7. The first-order chi connectivity index (χ1) is 8.90. The largest absolute Gasteiger partial charge is 0.384 e. The van der Waals surface area contributed by atoms with Crippen LogP contribution in [-0.4, -0.2) is 28.1 Å². The molecule has 3 nitrogen and oxygen atoms in total. The van der Waals surface area contributed by atoms with Gasteiger partial charge in [-0.3, -0.25) is 4.79 Å². The summed E-state index contributed by atoms with van der Waals surface area (Å²) in [6.45, 7) is 6.10. The van der Waals surface area contributed by atoms with Gasteiger partial charge >= 0.3 is 0 Å². The third kappa shape index (κ3) is 6.90. The molecule has 0 unspecified atom stereocenters. The van der Waals surface area contributed by atoms with Crippen LogP contribution in [-0.2, 0) is 4.79 Å². The Bertz CT molecular complexity index is 478. The molecule has 1 rings (SSSR count). The molecule has 102 valence electrons. The first kappa shape index (κ1) is 15.6. The van der Waals surface area contributed by atoms with Crippen molar-refractivity contribution in [1.82, 2.24) is 0 Å². The highest BCUT2D eigenvalue weighted by Gasteiger charge is 2.13. The topological polar surface area (TPSA) is 49.3 Å². The van der Waals surface area contributed by atoms with E-state index in [1.165, 1.54) is 0 Å². The van der Waals surface area contributed by atoms with E-state index in [0.717, 1.165) is 11.3 Å². The Morgan fingerprint density at radius 2 is 1.95 bits per heavy atom. The van der Waals surface area contributed by atoms with E-state index in [0.29, 0.717) is 5.75 Å². The molecule has 1 aromatic carbocycles. The fraction of sp³-hybridized carbons (Fsp3) is 0.400. The molecule has 0 spiro atoms. The van der Waals surface area contributed by atoms with Crippen LogP contribution in [0, 0.1) is 11.8 Å². The van der Waals surface area contributed by atoms with Crippen LogP contribution in [0.5, 0.6) is 0 Å². The predicted molar refractivity (Wildman–Crippen MR) is 81.2 cm³/mol. The van der Waals surface area contributed by atoms with E-state index in [1.54, 1.807) is 23.9 Å². The lowest BCUT2D eigenvalue weighted by molar-refractivity contribution is -0.113. The lowest BCUT2D eigenvalue weighted by Crippen LogP contribution is -2.18. The second-order valence-electron chi connectivity index (χ2n) is 4.99. The van der Waals surface area contributed by atoms with Crippen LogP contribution in [0.4, 0.5) is 5.69 Å². The smallest absolute Gasteiger partial charge is 0.234 e. The Morgan fingerprint density at radius 1 is 1.32 bits per heavy atom. The molecule has 0 aromatic heterocycles. The summed E-state index contributed by atoms with van der Waals surface area (Å²) in [6, 6.07) is 7.24. The normalized spacial score (nSPS) is 10.5. The zero-order valence-electron chi connectivity index (χ0n) is 11.5. The molecule has 0 saturated heterocycles. The van der Waals surface area contributed by atoms with Crippen molar-refractivity contribution in [2.45, 2.75) is 25.5 Å². The summed E-state index contributed by atoms with van der Waals surface area (Å²) < 4.78 is 0.0844. The fourth-order valence-corrected chi connectivity index (χ4v) is 1.89. The minimum Gasteiger partial charge on any atom is -0.384 e. The van der Waals surface area contributed by atoms with Crippen LogP contribution >= 0.6 is 11.8 Å². The fourth-order valence-electron chi connectivity index (χ4n) is 1.26. The van der Waals surface area contributed by atoms with Crippen molar-refractivity contribution >= 4 is 23.4 Å². The lowest BCUT2D eigenvalue weighted by atomic mass is 10.2. The summed E-state index contributed by atoms with van der Waals surface area (Å²) in [4.78, 5) is 11.7. The van der Waals surface area contributed by atoms with Gasteiger partial charge in [-0.2, -0.15) is 0 Å². The van der Waals surface area contributed by atoms with Crippen molar-refractivity contribution in [1.29, 1.82) is 0 Å². The Balaban J connectivity index is 2.51.